The van der Waals surface area contributed by atoms with Crippen molar-refractivity contribution in [3.63, 3.8) is 0 Å². The molecule has 0 unspecified atom stereocenters. The lowest BCUT2D eigenvalue weighted by molar-refractivity contribution is 0.0662. The molecular weight excluding hydrogens is 192 g/mol. The fourth-order valence-corrected chi connectivity index (χ4v) is 0.951. The normalized spacial score (nSPS) is 11.0. The maximum Gasteiger partial charge on any atom is 0.321 e. The Morgan fingerprint density at radius 3 is 2.64 bits per heavy atom. The van der Waals surface area contributed by atoms with Crippen LogP contribution in [0, 0.1) is 0 Å². The molecular formula is C8H11F2N3O. The summed E-state index contributed by atoms with van der Waals surface area (Å²) >= 11 is 0. The second kappa shape index (κ2) is 4.17. The lowest BCUT2D eigenvalue weighted by Gasteiger charge is -2.09. The van der Waals surface area contributed by atoms with E-state index in [-0.39, 0.29) is 11.9 Å². The number of nitrogens with one attached hydrogen (secondary N) is 1. The summed E-state index contributed by atoms with van der Waals surface area (Å²) in [5.74, 6) is -0.0530. The molecule has 78 valence electrons. The summed E-state index contributed by atoms with van der Waals surface area (Å²) < 4.78 is 24.8. The highest BCUT2D eigenvalue weighted by Crippen LogP contribution is 2.06. The van der Waals surface area contributed by atoms with Gasteiger partial charge in [-0.3, -0.25) is 9.36 Å². The van der Waals surface area contributed by atoms with Crippen LogP contribution >= 0.6 is 0 Å². The van der Waals surface area contributed by atoms with Gasteiger partial charge < -0.3 is 5.32 Å². The molecule has 0 aliphatic heterocycles. The standard InChI is InChI=1S/C8H11F2N3O/c1-5(2)12-6-7(14)13(8(9)10)4-3-11-6/h3-5,8H,1-2H3,(H,11,12). The van der Waals surface area contributed by atoms with E-state index in [4.69, 9.17) is 0 Å². The van der Waals surface area contributed by atoms with Crippen molar-refractivity contribution in [1.29, 1.82) is 0 Å². The van der Waals surface area contributed by atoms with Crippen molar-refractivity contribution in [2.45, 2.75) is 26.4 Å². The largest absolute Gasteiger partial charge is 0.363 e. The lowest BCUT2D eigenvalue weighted by Crippen LogP contribution is -2.27. The van der Waals surface area contributed by atoms with Gasteiger partial charge in [0, 0.05) is 18.4 Å². The Kier molecular flexibility index (Phi) is 3.16. The second-order valence-corrected chi connectivity index (χ2v) is 3.06. The Balaban J connectivity index is 3.08. The topological polar surface area (TPSA) is 46.9 Å². The SMILES string of the molecule is CC(C)Nc1nccn(C(F)F)c1=O. The molecule has 0 saturated heterocycles. The predicted molar refractivity (Wildman–Crippen MR) is 48.5 cm³/mol. The molecule has 6 heteroatoms. The molecule has 1 heterocycles. The summed E-state index contributed by atoms with van der Waals surface area (Å²) in [6, 6.07) is -0.0243. The molecule has 0 aliphatic carbocycles. The van der Waals surface area contributed by atoms with Crippen LogP contribution in [0.3, 0.4) is 0 Å². The monoisotopic (exact) mass is 203 g/mol. The number of alkyl halides is 2. The molecule has 1 aromatic rings. The van der Waals surface area contributed by atoms with E-state index < -0.39 is 12.1 Å². The molecule has 0 amide bonds. The third kappa shape index (κ3) is 2.27. The van der Waals surface area contributed by atoms with Gasteiger partial charge in [0.1, 0.15) is 0 Å². The minimum atomic E-state index is -2.83. The molecule has 0 aliphatic rings. The number of hydrogen-bond acceptors (Lipinski definition) is 3. The van der Waals surface area contributed by atoms with Gasteiger partial charge >= 0.3 is 6.55 Å². The lowest BCUT2D eigenvalue weighted by atomic mass is 10.4. The van der Waals surface area contributed by atoms with Gasteiger partial charge in [0.05, 0.1) is 0 Å². The molecule has 1 N–H and O–H groups in total. The van der Waals surface area contributed by atoms with E-state index in [2.05, 4.69) is 10.3 Å². The van der Waals surface area contributed by atoms with Gasteiger partial charge in [-0.15, -0.1) is 0 Å². The minimum absolute atomic E-state index is 0.0243. The van der Waals surface area contributed by atoms with E-state index in [9.17, 15) is 13.6 Å². The smallest absolute Gasteiger partial charge is 0.321 e. The molecule has 0 bridgehead atoms. The van der Waals surface area contributed by atoms with Crippen LogP contribution < -0.4 is 10.9 Å². The number of nitrogens with zero attached hydrogens (tertiary/aromatic N) is 2. The Hall–Kier alpha value is -1.46. The van der Waals surface area contributed by atoms with Gasteiger partial charge in [0.15, 0.2) is 5.82 Å². The van der Waals surface area contributed by atoms with Crippen LogP contribution in [0.15, 0.2) is 17.2 Å². The van der Waals surface area contributed by atoms with Crippen LogP contribution in [0.5, 0.6) is 0 Å². The highest BCUT2D eigenvalue weighted by molar-refractivity contribution is 5.31. The molecule has 1 aromatic heterocycles. The van der Waals surface area contributed by atoms with Gasteiger partial charge in [-0.25, -0.2) is 4.98 Å². The first-order valence-corrected chi connectivity index (χ1v) is 4.14. The van der Waals surface area contributed by atoms with Crippen LogP contribution in [0.25, 0.3) is 0 Å². The molecule has 4 nitrogen and oxygen atoms in total. The summed E-state index contributed by atoms with van der Waals surface area (Å²) in [4.78, 5) is 15.0. The number of halogens is 2. The van der Waals surface area contributed by atoms with Gasteiger partial charge in [0.25, 0.3) is 5.56 Å². The van der Waals surface area contributed by atoms with Crippen molar-refractivity contribution in [2.24, 2.45) is 0 Å². The molecule has 0 spiro atoms. The fourth-order valence-electron chi connectivity index (χ4n) is 0.951. The number of anilines is 1. The van der Waals surface area contributed by atoms with E-state index in [0.717, 1.165) is 12.4 Å². The zero-order valence-corrected chi connectivity index (χ0v) is 7.87. The van der Waals surface area contributed by atoms with Crippen molar-refractivity contribution in [1.82, 2.24) is 9.55 Å². The van der Waals surface area contributed by atoms with Crippen LogP contribution in [-0.4, -0.2) is 15.6 Å². The van der Waals surface area contributed by atoms with Crippen LogP contribution in [0.2, 0.25) is 0 Å². The number of hydrogen-bond donors (Lipinski definition) is 1. The first-order chi connectivity index (χ1) is 6.52. The van der Waals surface area contributed by atoms with Crippen molar-refractivity contribution in [2.75, 3.05) is 5.32 Å². The van der Waals surface area contributed by atoms with E-state index in [1.165, 1.54) is 0 Å². The van der Waals surface area contributed by atoms with Crippen LogP contribution in [0.1, 0.15) is 20.4 Å². The number of aromatic nitrogens is 2. The van der Waals surface area contributed by atoms with Gasteiger partial charge in [-0.2, -0.15) is 8.78 Å². The van der Waals surface area contributed by atoms with Crippen LogP contribution in [-0.2, 0) is 0 Å². The zero-order chi connectivity index (χ0) is 10.7. The number of rotatable bonds is 3. The third-order valence-electron chi connectivity index (χ3n) is 1.50. The summed E-state index contributed by atoms with van der Waals surface area (Å²) in [5.41, 5.74) is -0.809. The van der Waals surface area contributed by atoms with E-state index in [0.29, 0.717) is 4.57 Å². The molecule has 0 saturated carbocycles. The zero-order valence-electron chi connectivity index (χ0n) is 7.87. The molecule has 0 aromatic carbocycles. The average Bonchev–Trinajstić information content (AvgIpc) is 2.07. The quantitative estimate of drug-likeness (QED) is 0.808. The summed E-state index contributed by atoms with van der Waals surface area (Å²) in [6.45, 7) is 0.750. The van der Waals surface area contributed by atoms with Gasteiger partial charge in [-0.1, -0.05) is 0 Å². The van der Waals surface area contributed by atoms with Crippen LogP contribution in [0.4, 0.5) is 14.6 Å². The van der Waals surface area contributed by atoms with Gasteiger partial charge in [-0.05, 0) is 13.8 Å². The van der Waals surface area contributed by atoms with Crippen molar-refractivity contribution in [3.8, 4) is 0 Å². The highest BCUT2D eigenvalue weighted by Gasteiger charge is 2.11. The van der Waals surface area contributed by atoms with E-state index in [1.54, 1.807) is 13.8 Å². The Morgan fingerprint density at radius 1 is 1.50 bits per heavy atom. The van der Waals surface area contributed by atoms with Crippen molar-refractivity contribution in [3.05, 3.63) is 22.7 Å². The first-order valence-electron chi connectivity index (χ1n) is 4.14. The Morgan fingerprint density at radius 2 is 2.14 bits per heavy atom. The predicted octanol–water partition coefficient (Wildman–Crippen LogP) is 1.46. The average molecular weight is 203 g/mol. The van der Waals surface area contributed by atoms with Crippen molar-refractivity contribution >= 4 is 5.82 Å². The summed E-state index contributed by atoms with van der Waals surface area (Å²) in [7, 11) is 0. The second-order valence-electron chi connectivity index (χ2n) is 3.06. The summed E-state index contributed by atoms with van der Waals surface area (Å²) in [5, 5.41) is 2.69. The molecule has 0 fully saturated rings. The molecule has 14 heavy (non-hydrogen) atoms. The first kappa shape index (κ1) is 10.6. The third-order valence-corrected chi connectivity index (χ3v) is 1.50. The molecule has 1 rings (SSSR count). The summed E-state index contributed by atoms with van der Waals surface area (Å²) in [6.07, 6.45) is 2.12. The Bertz CT molecular complexity index is 362. The van der Waals surface area contributed by atoms with Gasteiger partial charge in [0.2, 0.25) is 0 Å². The minimum Gasteiger partial charge on any atom is -0.363 e. The fraction of sp³-hybridized carbons (Fsp3) is 0.500. The van der Waals surface area contributed by atoms with E-state index >= 15 is 0 Å². The highest BCUT2D eigenvalue weighted by atomic mass is 19.3. The maximum absolute atomic E-state index is 12.3. The van der Waals surface area contributed by atoms with E-state index in [1.807, 2.05) is 0 Å². The molecule has 0 radical (unpaired) electrons. The molecule has 0 atom stereocenters. The maximum atomic E-state index is 12.3. The Labute approximate surface area is 79.6 Å². The van der Waals surface area contributed by atoms with Crippen molar-refractivity contribution < 1.29 is 8.78 Å².